The van der Waals surface area contributed by atoms with Crippen molar-refractivity contribution in [2.45, 2.75) is 19.1 Å². The monoisotopic (exact) mass is 459 g/mol. The van der Waals surface area contributed by atoms with Crippen LogP contribution in [0.2, 0.25) is 0 Å². The molecule has 1 aliphatic rings. The quantitative estimate of drug-likeness (QED) is 0.441. The van der Waals surface area contributed by atoms with Crippen molar-refractivity contribution in [2.24, 2.45) is 0 Å². The minimum absolute atomic E-state index is 0.00750. The van der Waals surface area contributed by atoms with Crippen molar-refractivity contribution in [2.75, 3.05) is 13.7 Å². The number of halogens is 4. The van der Waals surface area contributed by atoms with Gasteiger partial charge in [-0.15, -0.1) is 0 Å². The number of carbonyl (C=O) groups excluding carboxylic acids is 1. The van der Waals surface area contributed by atoms with Gasteiger partial charge in [-0.25, -0.2) is 17.6 Å². The second-order valence-electron chi connectivity index (χ2n) is 7.89. The molecule has 170 valence electrons. The zero-order valence-electron chi connectivity index (χ0n) is 17.2. The number of carbonyl (C=O) groups is 1. The molecule has 1 amide bonds. The van der Waals surface area contributed by atoms with Gasteiger partial charge in [0, 0.05) is 29.2 Å². The minimum atomic E-state index is -3.05. The number of nitrogens with zero attached hydrogens (tertiary/aromatic N) is 1. The largest absolute Gasteiger partial charge is 0.373 e. The van der Waals surface area contributed by atoms with Gasteiger partial charge in [0.05, 0.1) is 30.2 Å². The lowest BCUT2D eigenvalue weighted by Gasteiger charge is -2.33. The van der Waals surface area contributed by atoms with Gasteiger partial charge in [0.15, 0.2) is 0 Å². The molecule has 0 spiro atoms. The molecule has 0 fully saturated rings. The van der Waals surface area contributed by atoms with E-state index in [1.54, 1.807) is 0 Å². The van der Waals surface area contributed by atoms with E-state index in [0.717, 1.165) is 12.1 Å². The number of nitrogens with one attached hydrogen (secondary N) is 2. The summed E-state index contributed by atoms with van der Waals surface area (Å²) in [4.78, 5) is 32.5. The fourth-order valence-corrected chi connectivity index (χ4v) is 4.40. The smallest absolute Gasteiger partial charge is 0.270 e. The van der Waals surface area contributed by atoms with Crippen LogP contribution < -0.4 is 5.56 Å². The maximum absolute atomic E-state index is 13.9. The summed E-state index contributed by atoms with van der Waals surface area (Å²) in [6, 6.07) is 6.60. The minimum Gasteiger partial charge on any atom is -0.373 e. The van der Waals surface area contributed by atoms with Gasteiger partial charge in [-0.05, 0) is 35.7 Å². The number of hydrogen-bond acceptors (Lipinski definition) is 3. The van der Waals surface area contributed by atoms with Crippen LogP contribution in [0.15, 0.2) is 41.2 Å². The van der Waals surface area contributed by atoms with Gasteiger partial charge in [0.1, 0.15) is 17.3 Å². The highest BCUT2D eigenvalue weighted by atomic mass is 19.3. The lowest BCUT2D eigenvalue weighted by atomic mass is 9.95. The van der Waals surface area contributed by atoms with Crippen molar-refractivity contribution in [3.63, 3.8) is 0 Å². The first-order valence-corrected chi connectivity index (χ1v) is 10.0. The number of rotatable bonds is 3. The summed E-state index contributed by atoms with van der Waals surface area (Å²) in [5.41, 5.74) is 0.0257. The Bertz CT molecular complexity index is 1480. The second kappa shape index (κ2) is 7.73. The van der Waals surface area contributed by atoms with Gasteiger partial charge in [-0.3, -0.25) is 9.59 Å². The predicted molar refractivity (Wildman–Crippen MR) is 112 cm³/mol. The molecule has 5 rings (SSSR count). The van der Waals surface area contributed by atoms with E-state index in [1.165, 1.54) is 36.2 Å². The zero-order valence-corrected chi connectivity index (χ0v) is 17.2. The molecule has 1 aliphatic heterocycles. The molecule has 1 atom stereocenters. The Balaban J connectivity index is 1.59. The summed E-state index contributed by atoms with van der Waals surface area (Å²) in [6.07, 6.45) is -3.05. The molecule has 0 aliphatic carbocycles. The third kappa shape index (κ3) is 3.37. The van der Waals surface area contributed by atoms with Crippen molar-refractivity contribution >= 4 is 27.6 Å². The van der Waals surface area contributed by atoms with E-state index in [0.29, 0.717) is 16.6 Å². The van der Waals surface area contributed by atoms with E-state index < -0.39 is 41.1 Å². The number of hydrogen-bond donors (Lipinski definition) is 2. The first kappa shape index (κ1) is 21.2. The molecule has 3 heterocycles. The third-order valence-electron chi connectivity index (χ3n) is 5.99. The molecule has 0 radical (unpaired) electrons. The number of likely N-dealkylation sites (N-methyl/N-ethyl adjacent to an activating group) is 1. The number of pyridine rings is 1. The van der Waals surface area contributed by atoms with Crippen LogP contribution in [-0.4, -0.2) is 34.4 Å². The molecule has 6 nitrogen and oxygen atoms in total. The van der Waals surface area contributed by atoms with E-state index in [1.807, 2.05) is 0 Å². The van der Waals surface area contributed by atoms with Crippen molar-refractivity contribution in [1.82, 2.24) is 14.9 Å². The van der Waals surface area contributed by atoms with Crippen LogP contribution in [0, 0.1) is 11.6 Å². The lowest BCUT2D eigenvalue weighted by molar-refractivity contribution is 0.0333. The highest BCUT2D eigenvalue weighted by molar-refractivity contribution is 5.99. The number of H-pyrrole nitrogens is 2. The van der Waals surface area contributed by atoms with E-state index in [2.05, 4.69) is 9.97 Å². The molecule has 10 heteroatoms. The standard InChI is InChI=1S/C23H17F4N3O3/c1-30(23(32)16-7-13-15(28-16)5-4-14(25)19(13)21(26)27)18-9-33-8-17-20(18)11-3-2-10(24)6-12(11)22(31)29-17/h2-7,18,21,28H,8-9H2,1H3,(H,29,31). The van der Waals surface area contributed by atoms with Gasteiger partial charge in [0.2, 0.25) is 0 Å². The van der Waals surface area contributed by atoms with Crippen molar-refractivity contribution in [1.29, 1.82) is 0 Å². The topological polar surface area (TPSA) is 78.2 Å². The van der Waals surface area contributed by atoms with Crippen LogP contribution in [0.5, 0.6) is 0 Å². The molecular weight excluding hydrogens is 442 g/mol. The Morgan fingerprint density at radius 1 is 1.09 bits per heavy atom. The Kier molecular flexibility index (Phi) is 4.97. The number of aromatic nitrogens is 2. The van der Waals surface area contributed by atoms with Crippen LogP contribution in [0.3, 0.4) is 0 Å². The number of fused-ring (bicyclic) bond motifs is 4. The van der Waals surface area contributed by atoms with Gasteiger partial charge in [0.25, 0.3) is 17.9 Å². The number of amides is 1. The summed E-state index contributed by atoms with van der Waals surface area (Å²) < 4.78 is 60.0. The molecule has 2 N–H and O–H groups in total. The number of benzene rings is 2. The highest BCUT2D eigenvalue weighted by Crippen LogP contribution is 2.35. The van der Waals surface area contributed by atoms with Crippen molar-refractivity contribution in [3.8, 4) is 0 Å². The van der Waals surface area contributed by atoms with Crippen LogP contribution >= 0.6 is 0 Å². The number of aromatic amines is 2. The average Bonchev–Trinajstić information content (AvgIpc) is 3.21. The van der Waals surface area contributed by atoms with Crippen molar-refractivity contribution < 1.29 is 27.1 Å². The molecule has 0 saturated carbocycles. The molecule has 0 bridgehead atoms. The van der Waals surface area contributed by atoms with Crippen LogP contribution in [0.25, 0.3) is 21.7 Å². The zero-order chi connectivity index (χ0) is 23.4. The first-order valence-electron chi connectivity index (χ1n) is 10.0. The predicted octanol–water partition coefficient (Wildman–Crippen LogP) is 4.57. The normalized spacial score (nSPS) is 15.9. The number of ether oxygens (including phenoxy) is 1. The second-order valence-corrected chi connectivity index (χ2v) is 7.89. The number of alkyl halides is 2. The fraction of sp³-hybridized carbons (Fsp3) is 0.217. The fourth-order valence-electron chi connectivity index (χ4n) is 4.40. The molecule has 4 aromatic rings. The summed E-state index contributed by atoms with van der Waals surface area (Å²) in [5.74, 6) is -2.17. The summed E-state index contributed by atoms with van der Waals surface area (Å²) in [6.45, 7) is 0.213. The maximum atomic E-state index is 13.9. The molecule has 33 heavy (non-hydrogen) atoms. The summed E-state index contributed by atoms with van der Waals surface area (Å²) in [5, 5.41) is 0.554. The molecule has 0 saturated heterocycles. The van der Waals surface area contributed by atoms with E-state index in [-0.39, 0.29) is 35.2 Å². The highest BCUT2D eigenvalue weighted by Gasteiger charge is 2.32. The molecule has 1 unspecified atom stereocenters. The van der Waals surface area contributed by atoms with E-state index in [4.69, 9.17) is 4.74 Å². The van der Waals surface area contributed by atoms with E-state index >= 15 is 0 Å². The van der Waals surface area contributed by atoms with Gasteiger partial charge >= 0.3 is 0 Å². The Labute approximate surface area is 183 Å². The maximum Gasteiger partial charge on any atom is 0.270 e. The van der Waals surface area contributed by atoms with Gasteiger partial charge in [-0.2, -0.15) is 0 Å². The Morgan fingerprint density at radius 2 is 1.88 bits per heavy atom. The average molecular weight is 459 g/mol. The van der Waals surface area contributed by atoms with Crippen LogP contribution in [-0.2, 0) is 11.3 Å². The lowest BCUT2D eigenvalue weighted by Crippen LogP contribution is -2.37. The molecule has 2 aromatic carbocycles. The SMILES string of the molecule is CN(C(=O)c1cc2c(C(F)F)c(F)ccc2[nH]1)C1COCc2[nH]c(=O)c3cc(F)ccc3c21. The van der Waals surface area contributed by atoms with E-state index in [9.17, 15) is 27.2 Å². The van der Waals surface area contributed by atoms with Crippen LogP contribution in [0.1, 0.15) is 39.8 Å². The molecule has 2 aromatic heterocycles. The van der Waals surface area contributed by atoms with Crippen molar-refractivity contribution in [3.05, 3.63) is 80.9 Å². The Morgan fingerprint density at radius 3 is 2.64 bits per heavy atom. The van der Waals surface area contributed by atoms with Crippen LogP contribution in [0.4, 0.5) is 17.6 Å². The summed E-state index contributed by atoms with van der Waals surface area (Å²) in [7, 11) is 1.51. The Hall–Kier alpha value is -3.66. The molecular formula is C23H17F4N3O3. The van der Waals surface area contributed by atoms with Gasteiger partial charge in [-0.1, -0.05) is 6.07 Å². The first-order chi connectivity index (χ1) is 15.8. The summed E-state index contributed by atoms with van der Waals surface area (Å²) >= 11 is 0. The third-order valence-corrected chi connectivity index (χ3v) is 5.99. The van der Waals surface area contributed by atoms with Gasteiger partial charge < -0.3 is 19.6 Å².